The second kappa shape index (κ2) is 4.77. The molecule has 19 heavy (non-hydrogen) atoms. The fourth-order valence-corrected chi connectivity index (χ4v) is 2.41. The first-order valence-corrected chi connectivity index (χ1v) is 6.45. The van der Waals surface area contributed by atoms with Gasteiger partial charge in [0.05, 0.1) is 11.3 Å². The van der Waals surface area contributed by atoms with Crippen LogP contribution in [0.3, 0.4) is 0 Å². The van der Waals surface area contributed by atoms with Crippen LogP contribution in [0.15, 0.2) is 29.0 Å². The molecule has 0 saturated carbocycles. The van der Waals surface area contributed by atoms with Crippen molar-refractivity contribution in [2.75, 3.05) is 5.73 Å². The van der Waals surface area contributed by atoms with E-state index in [1.165, 1.54) is 11.5 Å². The van der Waals surface area contributed by atoms with Crippen molar-refractivity contribution in [1.29, 1.82) is 0 Å². The first-order chi connectivity index (χ1) is 9.24. The lowest BCUT2D eigenvalue weighted by molar-refractivity contribution is 0.424. The molecule has 7 heteroatoms. The summed E-state index contributed by atoms with van der Waals surface area (Å²) in [6.07, 6.45) is 4.07. The molecule has 0 aliphatic carbocycles. The average Bonchev–Trinajstić information content (AvgIpc) is 2.98. The van der Waals surface area contributed by atoms with Crippen LogP contribution in [-0.2, 0) is 6.42 Å². The molecule has 0 saturated heterocycles. The molecular formula is C12H11N5OS. The van der Waals surface area contributed by atoms with Crippen molar-refractivity contribution in [3.8, 4) is 11.5 Å². The Morgan fingerprint density at radius 1 is 1.32 bits per heavy atom. The lowest BCUT2D eigenvalue weighted by Gasteiger charge is -1.94. The molecule has 0 aliphatic heterocycles. The largest absolute Gasteiger partial charge is 0.389 e. The van der Waals surface area contributed by atoms with E-state index in [0.717, 1.165) is 16.8 Å². The monoisotopic (exact) mass is 273 g/mol. The number of pyridine rings is 1. The van der Waals surface area contributed by atoms with E-state index in [0.29, 0.717) is 23.1 Å². The summed E-state index contributed by atoms with van der Waals surface area (Å²) >= 11 is 1.23. The smallest absolute Gasteiger partial charge is 0.262 e. The topological polar surface area (TPSA) is 90.7 Å². The lowest BCUT2D eigenvalue weighted by atomic mass is 10.2. The highest BCUT2D eigenvalue weighted by atomic mass is 32.1. The minimum absolute atomic E-state index is 0.424. The van der Waals surface area contributed by atoms with Crippen LogP contribution in [0.1, 0.15) is 17.1 Å². The molecule has 2 N–H and O–H groups in total. The molecule has 3 heterocycles. The normalized spacial score (nSPS) is 10.8. The molecule has 96 valence electrons. The molecule has 0 amide bonds. The van der Waals surface area contributed by atoms with Crippen LogP contribution in [-0.4, -0.2) is 19.5 Å². The quantitative estimate of drug-likeness (QED) is 0.785. The summed E-state index contributed by atoms with van der Waals surface area (Å²) in [5, 5.41) is 4.56. The van der Waals surface area contributed by atoms with Gasteiger partial charge in [0, 0.05) is 18.8 Å². The van der Waals surface area contributed by atoms with Gasteiger partial charge in [-0.05, 0) is 36.2 Å². The second-order valence-electron chi connectivity index (χ2n) is 4.06. The van der Waals surface area contributed by atoms with Crippen LogP contribution in [0.5, 0.6) is 0 Å². The maximum absolute atomic E-state index is 5.86. The molecule has 0 aliphatic rings. The molecule has 6 nitrogen and oxygen atoms in total. The molecule has 0 bridgehead atoms. The fraction of sp³-hybridized carbons (Fsp3) is 0.167. The summed E-state index contributed by atoms with van der Waals surface area (Å²) in [6, 6.07) is 3.84. The van der Waals surface area contributed by atoms with Crippen LogP contribution in [0.4, 0.5) is 5.00 Å². The highest BCUT2D eigenvalue weighted by Crippen LogP contribution is 2.30. The third kappa shape index (κ3) is 2.32. The van der Waals surface area contributed by atoms with Gasteiger partial charge in [-0.3, -0.25) is 4.98 Å². The van der Waals surface area contributed by atoms with Crippen LogP contribution in [0, 0.1) is 6.92 Å². The predicted octanol–water partition coefficient (Wildman–Crippen LogP) is 2.07. The number of anilines is 1. The Hall–Kier alpha value is -2.28. The SMILES string of the molecule is Cc1nsc(N)c1-c1nc(Cc2ccncc2)no1. The van der Waals surface area contributed by atoms with E-state index < -0.39 is 0 Å². The maximum atomic E-state index is 5.86. The van der Waals surface area contributed by atoms with Gasteiger partial charge in [0.25, 0.3) is 5.89 Å². The molecule has 3 aromatic rings. The van der Waals surface area contributed by atoms with Crippen molar-refractivity contribution in [3.05, 3.63) is 41.6 Å². The van der Waals surface area contributed by atoms with Crippen LogP contribution in [0.25, 0.3) is 11.5 Å². The van der Waals surface area contributed by atoms with E-state index in [2.05, 4.69) is 19.5 Å². The van der Waals surface area contributed by atoms with Gasteiger partial charge in [-0.1, -0.05) is 5.16 Å². The standard InChI is InChI=1S/C12H11N5OS/c1-7-10(11(13)19-17-7)12-15-9(16-18-12)6-8-2-4-14-5-3-8/h2-5H,6,13H2,1H3. The van der Waals surface area contributed by atoms with Gasteiger partial charge in [-0.2, -0.15) is 9.36 Å². The van der Waals surface area contributed by atoms with E-state index in [4.69, 9.17) is 10.3 Å². The van der Waals surface area contributed by atoms with Crippen molar-refractivity contribution in [2.45, 2.75) is 13.3 Å². The molecule has 0 unspecified atom stereocenters. The van der Waals surface area contributed by atoms with Gasteiger partial charge in [0.2, 0.25) is 0 Å². The number of nitrogens with zero attached hydrogens (tertiary/aromatic N) is 4. The summed E-state index contributed by atoms with van der Waals surface area (Å²) in [4.78, 5) is 8.33. The maximum Gasteiger partial charge on any atom is 0.262 e. The zero-order valence-corrected chi connectivity index (χ0v) is 11.0. The molecule has 3 rings (SSSR count). The van der Waals surface area contributed by atoms with Crippen LogP contribution < -0.4 is 5.73 Å². The molecule has 0 spiro atoms. The van der Waals surface area contributed by atoms with Crippen molar-refractivity contribution >= 4 is 16.5 Å². The van der Waals surface area contributed by atoms with Gasteiger partial charge >= 0.3 is 0 Å². The zero-order valence-electron chi connectivity index (χ0n) is 10.2. The third-order valence-electron chi connectivity index (χ3n) is 2.68. The summed E-state index contributed by atoms with van der Waals surface area (Å²) in [7, 11) is 0. The van der Waals surface area contributed by atoms with E-state index in [1.54, 1.807) is 12.4 Å². The Kier molecular flexibility index (Phi) is 2.96. The number of aromatic nitrogens is 4. The van der Waals surface area contributed by atoms with Gasteiger partial charge in [0.15, 0.2) is 5.82 Å². The summed E-state index contributed by atoms with van der Waals surface area (Å²) < 4.78 is 9.42. The van der Waals surface area contributed by atoms with Crippen LogP contribution >= 0.6 is 11.5 Å². The van der Waals surface area contributed by atoms with Gasteiger partial charge < -0.3 is 10.3 Å². The van der Waals surface area contributed by atoms with E-state index in [9.17, 15) is 0 Å². The Morgan fingerprint density at radius 2 is 2.11 bits per heavy atom. The summed E-state index contributed by atoms with van der Waals surface area (Å²) in [5.41, 5.74) is 8.48. The van der Waals surface area contributed by atoms with Crippen molar-refractivity contribution in [3.63, 3.8) is 0 Å². The molecular weight excluding hydrogens is 262 g/mol. The van der Waals surface area contributed by atoms with Crippen molar-refractivity contribution in [2.24, 2.45) is 0 Å². The van der Waals surface area contributed by atoms with Crippen molar-refractivity contribution < 1.29 is 4.52 Å². The van der Waals surface area contributed by atoms with Crippen molar-refractivity contribution in [1.82, 2.24) is 19.5 Å². The highest BCUT2D eigenvalue weighted by molar-refractivity contribution is 7.10. The molecule has 0 radical (unpaired) electrons. The number of hydrogen-bond donors (Lipinski definition) is 1. The third-order valence-corrected chi connectivity index (χ3v) is 3.45. The van der Waals surface area contributed by atoms with E-state index >= 15 is 0 Å². The number of rotatable bonds is 3. The Labute approximate surface area is 113 Å². The van der Waals surface area contributed by atoms with E-state index in [-0.39, 0.29) is 0 Å². The first-order valence-electron chi connectivity index (χ1n) is 5.67. The molecule has 0 fully saturated rings. The van der Waals surface area contributed by atoms with E-state index in [1.807, 2.05) is 19.1 Å². The highest BCUT2D eigenvalue weighted by Gasteiger charge is 2.17. The minimum atomic E-state index is 0.424. The lowest BCUT2D eigenvalue weighted by Crippen LogP contribution is -1.91. The Bertz CT molecular complexity index is 672. The first kappa shape index (κ1) is 11.8. The average molecular weight is 273 g/mol. The van der Waals surface area contributed by atoms with Crippen LogP contribution in [0.2, 0.25) is 0 Å². The molecule has 0 atom stereocenters. The zero-order chi connectivity index (χ0) is 13.2. The fourth-order valence-electron chi connectivity index (χ4n) is 1.76. The van der Waals surface area contributed by atoms with Gasteiger partial charge in [-0.25, -0.2) is 0 Å². The van der Waals surface area contributed by atoms with Gasteiger partial charge in [-0.15, -0.1) is 0 Å². The summed E-state index contributed by atoms with van der Waals surface area (Å²) in [6.45, 7) is 1.87. The number of nitrogens with two attached hydrogens (primary N) is 1. The Morgan fingerprint density at radius 3 is 2.79 bits per heavy atom. The number of aryl methyl sites for hydroxylation is 1. The molecule has 0 aromatic carbocycles. The molecule has 3 aromatic heterocycles. The Balaban J connectivity index is 1.88. The van der Waals surface area contributed by atoms with Gasteiger partial charge in [0.1, 0.15) is 5.00 Å². The second-order valence-corrected chi connectivity index (χ2v) is 4.86. The number of hydrogen-bond acceptors (Lipinski definition) is 7. The minimum Gasteiger partial charge on any atom is -0.389 e. The summed E-state index contributed by atoms with van der Waals surface area (Å²) in [5.74, 6) is 1.04. The number of nitrogen functional groups attached to an aromatic ring is 1. The predicted molar refractivity (Wildman–Crippen MR) is 71.6 cm³/mol.